The predicted octanol–water partition coefficient (Wildman–Crippen LogP) is 0.832. The van der Waals surface area contributed by atoms with Gasteiger partial charge in [-0.05, 0) is 6.92 Å². The van der Waals surface area contributed by atoms with Crippen molar-refractivity contribution in [3.63, 3.8) is 0 Å². The molecule has 4 rings (SSSR count). The van der Waals surface area contributed by atoms with Crippen LogP contribution < -0.4 is 5.73 Å². The average Bonchev–Trinajstić information content (AvgIpc) is 3.41. The van der Waals surface area contributed by atoms with E-state index in [9.17, 15) is 28.6 Å². The van der Waals surface area contributed by atoms with Gasteiger partial charge in [0.1, 0.15) is 28.6 Å². The third-order valence-corrected chi connectivity index (χ3v) is 9.32. The number of aliphatic hydroxyl groups is 1. The first-order valence-electron chi connectivity index (χ1n) is 9.67. The van der Waals surface area contributed by atoms with E-state index in [0.29, 0.717) is 16.2 Å². The van der Waals surface area contributed by atoms with Gasteiger partial charge in [-0.25, -0.2) is 28.6 Å². The Morgan fingerprint density at radius 3 is 2.53 bits per heavy atom. The normalized spacial score (nSPS) is 24.1. The van der Waals surface area contributed by atoms with E-state index in [1.165, 1.54) is 22.2 Å². The molecule has 0 aromatic carbocycles. The summed E-state index contributed by atoms with van der Waals surface area (Å²) in [6.07, 6.45) is -0.326. The minimum absolute atomic E-state index is 0.0362. The lowest BCUT2D eigenvalue weighted by molar-refractivity contribution is -0.0423. The van der Waals surface area contributed by atoms with Crippen molar-refractivity contribution in [3.05, 3.63) is 17.4 Å². The number of nitrogens with zero attached hydrogens (tertiary/aromatic N) is 5. The maximum Gasteiger partial charge on any atom is 0.490 e. The number of hydrogen-bond donors (Lipinski definition) is 6. The Labute approximate surface area is 205 Å². The number of phosphoric ester groups is 1. The number of phosphoric acid groups is 3. The van der Waals surface area contributed by atoms with Crippen molar-refractivity contribution < 1.29 is 56.3 Å². The molecule has 0 bridgehead atoms. The summed E-state index contributed by atoms with van der Waals surface area (Å²) < 4.78 is 53.0. The van der Waals surface area contributed by atoms with Crippen LogP contribution in [0, 0.1) is 6.92 Å². The fraction of sp³-hybridized carbons (Fsp3) is 0.429. The molecule has 1 fully saturated rings. The van der Waals surface area contributed by atoms with Gasteiger partial charge in [0.15, 0.2) is 5.65 Å². The number of ether oxygens (including phenoxy) is 1. The molecular weight excluding hydrogens is 569 g/mol. The number of rotatable bonds is 9. The van der Waals surface area contributed by atoms with E-state index in [-0.39, 0.29) is 18.0 Å². The van der Waals surface area contributed by atoms with E-state index < -0.39 is 48.5 Å². The zero-order valence-corrected chi connectivity index (χ0v) is 21.5. The lowest BCUT2D eigenvalue weighted by Gasteiger charge is -2.19. The molecule has 1 aliphatic heterocycles. The first-order valence-corrected chi connectivity index (χ1v) is 15.0. The number of anilines is 1. The highest BCUT2D eigenvalue weighted by Gasteiger charge is 2.43. The van der Waals surface area contributed by atoms with Gasteiger partial charge in [-0.15, -0.1) is 11.3 Å². The fourth-order valence-corrected chi connectivity index (χ4v) is 7.05. The van der Waals surface area contributed by atoms with Crippen LogP contribution in [0.5, 0.6) is 0 Å². The summed E-state index contributed by atoms with van der Waals surface area (Å²) in [7, 11) is -16.6. The molecule has 0 spiro atoms. The van der Waals surface area contributed by atoms with E-state index in [4.69, 9.17) is 20.3 Å². The van der Waals surface area contributed by atoms with E-state index in [0.717, 1.165) is 4.88 Å². The molecule has 1 saturated heterocycles. The van der Waals surface area contributed by atoms with Gasteiger partial charge in [-0.2, -0.15) is 13.6 Å². The molecular formula is C14H19N6O12P3S. The summed E-state index contributed by atoms with van der Waals surface area (Å²) in [4.78, 5) is 53.9. The third kappa shape index (κ3) is 6.41. The smallest absolute Gasteiger partial charge is 0.390 e. The minimum atomic E-state index is -5.67. The maximum absolute atomic E-state index is 11.9. The highest BCUT2D eigenvalue weighted by molar-refractivity contribution is 7.66. The van der Waals surface area contributed by atoms with Crippen LogP contribution in [0.15, 0.2) is 12.5 Å². The molecule has 198 valence electrons. The zero-order valence-electron chi connectivity index (χ0n) is 18.0. The molecule has 0 saturated carbocycles. The molecule has 0 radical (unpaired) electrons. The van der Waals surface area contributed by atoms with Gasteiger partial charge in [0.05, 0.1) is 19.0 Å². The Morgan fingerprint density at radius 1 is 1.17 bits per heavy atom. The predicted molar refractivity (Wildman–Crippen MR) is 120 cm³/mol. The van der Waals surface area contributed by atoms with E-state index in [1.807, 2.05) is 6.92 Å². The van der Waals surface area contributed by atoms with Crippen LogP contribution in [0.4, 0.5) is 5.95 Å². The van der Waals surface area contributed by atoms with Crippen LogP contribution in [0.25, 0.3) is 21.9 Å². The van der Waals surface area contributed by atoms with Crippen LogP contribution in [-0.2, 0) is 31.6 Å². The number of imidazole rings is 1. The Kier molecular flexibility index (Phi) is 7.51. The van der Waals surface area contributed by atoms with Crippen LogP contribution >= 0.6 is 34.8 Å². The maximum atomic E-state index is 11.9. The number of thiazole rings is 1. The molecule has 18 nitrogen and oxygen atoms in total. The van der Waals surface area contributed by atoms with Crippen molar-refractivity contribution >= 4 is 51.9 Å². The molecule has 2 unspecified atom stereocenters. The van der Waals surface area contributed by atoms with Gasteiger partial charge in [-0.3, -0.25) is 9.09 Å². The molecule has 5 atom stereocenters. The largest absolute Gasteiger partial charge is 0.490 e. The Morgan fingerprint density at radius 2 is 1.89 bits per heavy atom. The topological polar surface area (TPSA) is 272 Å². The average molecular weight is 588 g/mol. The summed E-state index contributed by atoms with van der Waals surface area (Å²) in [6, 6.07) is 0. The monoisotopic (exact) mass is 588 g/mol. The van der Waals surface area contributed by atoms with Crippen LogP contribution in [-0.4, -0.2) is 68.0 Å². The summed E-state index contributed by atoms with van der Waals surface area (Å²) >= 11 is 1.38. The second-order valence-electron chi connectivity index (χ2n) is 7.35. The van der Waals surface area contributed by atoms with Gasteiger partial charge in [0.25, 0.3) is 0 Å². The standard InChI is InChI=1S/C14H19N6O12P3S/c1-6-3-16-13(36-6)11-10-12(19-14(15)18-11)20(5-17-10)9-2-7(21)8(30-9)4-29-34(25,26)32-35(27,28)31-33(22,23)24/h3,5,7-9,21H,2,4H2,1H3,(H,25,26)(H,27,28)(H2,15,18,19)(H2,22,23,24)/t7-,8+,9-/m0/s1. The van der Waals surface area contributed by atoms with Crippen molar-refractivity contribution in [1.29, 1.82) is 0 Å². The molecule has 3 aromatic rings. The molecule has 0 amide bonds. The van der Waals surface area contributed by atoms with Crippen molar-refractivity contribution in [3.8, 4) is 10.7 Å². The van der Waals surface area contributed by atoms with Gasteiger partial charge in [-0.1, -0.05) is 0 Å². The molecule has 4 heterocycles. The van der Waals surface area contributed by atoms with Gasteiger partial charge in [0, 0.05) is 17.5 Å². The Balaban J connectivity index is 1.48. The van der Waals surface area contributed by atoms with Crippen molar-refractivity contribution in [2.75, 3.05) is 12.3 Å². The van der Waals surface area contributed by atoms with E-state index in [2.05, 4.69) is 33.1 Å². The SMILES string of the molecule is Cc1cnc(-c2nc(N)nc3c2ncn3[C@@H]2C[C@H](O)[C@@H](COP(=O)(O)OP(=O)(O)OP(=O)(O)O)O2)s1. The lowest BCUT2D eigenvalue weighted by Crippen LogP contribution is -2.26. The van der Waals surface area contributed by atoms with E-state index in [1.54, 1.807) is 6.20 Å². The second kappa shape index (κ2) is 9.89. The number of fused-ring (bicyclic) bond motifs is 1. The summed E-state index contributed by atoms with van der Waals surface area (Å²) in [6.45, 7) is 1.06. The fourth-order valence-electron chi connectivity index (χ4n) is 3.26. The second-order valence-corrected chi connectivity index (χ2v) is 13.0. The third-order valence-electron chi connectivity index (χ3n) is 4.59. The molecule has 22 heteroatoms. The van der Waals surface area contributed by atoms with Crippen LogP contribution in [0.2, 0.25) is 0 Å². The summed E-state index contributed by atoms with van der Waals surface area (Å²) in [5.74, 6) is -0.0603. The molecule has 0 aliphatic carbocycles. The van der Waals surface area contributed by atoms with Crippen molar-refractivity contribution in [2.45, 2.75) is 31.8 Å². The molecule has 3 aromatic heterocycles. The first-order chi connectivity index (χ1) is 16.6. The van der Waals surface area contributed by atoms with Crippen molar-refractivity contribution in [2.24, 2.45) is 0 Å². The Hall–Kier alpha value is -1.69. The van der Waals surface area contributed by atoms with Crippen molar-refractivity contribution in [1.82, 2.24) is 24.5 Å². The summed E-state index contributed by atoms with van der Waals surface area (Å²) in [5, 5.41) is 10.9. The number of aliphatic hydroxyl groups excluding tert-OH is 1. The van der Waals surface area contributed by atoms with Gasteiger partial charge in [0.2, 0.25) is 5.95 Å². The number of nitrogens with two attached hydrogens (primary N) is 1. The highest BCUT2D eigenvalue weighted by Crippen LogP contribution is 2.66. The quantitative estimate of drug-likeness (QED) is 0.189. The number of hydrogen-bond acceptors (Lipinski definition) is 14. The Bertz CT molecular complexity index is 1430. The number of aryl methyl sites for hydroxylation is 1. The molecule has 36 heavy (non-hydrogen) atoms. The minimum Gasteiger partial charge on any atom is -0.390 e. The lowest BCUT2D eigenvalue weighted by atomic mass is 10.2. The molecule has 1 aliphatic rings. The number of aromatic nitrogens is 5. The highest BCUT2D eigenvalue weighted by atomic mass is 32.1. The van der Waals surface area contributed by atoms with Crippen LogP contribution in [0.3, 0.4) is 0 Å². The number of nitrogen functional groups attached to an aromatic ring is 1. The summed E-state index contributed by atoms with van der Waals surface area (Å²) in [5.41, 5.74) is 6.91. The van der Waals surface area contributed by atoms with Crippen LogP contribution in [0.1, 0.15) is 17.5 Å². The van der Waals surface area contributed by atoms with E-state index >= 15 is 0 Å². The first kappa shape index (κ1) is 27.3. The zero-order chi connectivity index (χ0) is 26.5. The van der Waals surface area contributed by atoms with Gasteiger partial charge < -0.3 is 35.2 Å². The molecule has 7 N–H and O–H groups in total. The van der Waals surface area contributed by atoms with Gasteiger partial charge >= 0.3 is 23.5 Å².